The third kappa shape index (κ3) is 4.81. The standard InChI is InChI=1S/C19H23BrN2O4S/c1-12-6-8-14(19(2,3)4)10-16(12)27(24,25)22-21-11-13-7-9-15(26-5)18(23)17(13)20/h6-11,22-23H,1-5H3/b21-11+. The normalized spacial score (nSPS) is 12.4. The van der Waals surface area contributed by atoms with Crippen LogP contribution in [0.1, 0.15) is 37.5 Å². The van der Waals surface area contributed by atoms with Crippen molar-refractivity contribution in [2.45, 2.75) is 38.0 Å². The van der Waals surface area contributed by atoms with Crippen molar-refractivity contribution in [3.8, 4) is 11.5 Å². The highest BCUT2D eigenvalue weighted by atomic mass is 79.9. The van der Waals surface area contributed by atoms with E-state index in [0.29, 0.717) is 21.3 Å². The molecule has 0 aliphatic heterocycles. The zero-order chi connectivity index (χ0) is 20.4. The second kappa shape index (κ2) is 7.90. The van der Waals surface area contributed by atoms with Crippen LogP contribution in [0, 0.1) is 6.92 Å². The molecule has 8 heteroatoms. The quantitative estimate of drug-likeness (QED) is 0.525. The number of methoxy groups -OCH3 is 1. The second-order valence-electron chi connectivity index (χ2n) is 7.10. The highest BCUT2D eigenvalue weighted by Gasteiger charge is 2.21. The van der Waals surface area contributed by atoms with Crippen molar-refractivity contribution < 1.29 is 18.3 Å². The molecule has 0 aliphatic rings. The Morgan fingerprint density at radius 1 is 1.22 bits per heavy atom. The Labute approximate surface area is 168 Å². The minimum atomic E-state index is -3.83. The summed E-state index contributed by atoms with van der Waals surface area (Å²) >= 11 is 3.24. The van der Waals surface area contributed by atoms with Gasteiger partial charge in [-0.2, -0.15) is 13.5 Å². The first-order valence-corrected chi connectivity index (χ1v) is 10.5. The van der Waals surface area contributed by atoms with Crippen molar-refractivity contribution in [2.24, 2.45) is 5.10 Å². The molecule has 0 aromatic heterocycles. The molecule has 0 bridgehead atoms. The molecule has 0 fully saturated rings. The maximum Gasteiger partial charge on any atom is 0.276 e. The van der Waals surface area contributed by atoms with E-state index in [2.05, 4.69) is 25.9 Å². The number of nitrogens with zero attached hydrogens (tertiary/aromatic N) is 1. The molecule has 0 heterocycles. The molecule has 2 aromatic rings. The van der Waals surface area contributed by atoms with Gasteiger partial charge in [0, 0.05) is 5.56 Å². The molecule has 0 amide bonds. The Hall–Kier alpha value is -2.06. The first kappa shape index (κ1) is 21.2. The molecule has 27 heavy (non-hydrogen) atoms. The van der Waals surface area contributed by atoms with Crippen molar-refractivity contribution in [1.82, 2.24) is 4.83 Å². The van der Waals surface area contributed by atoms with Crippen LogP contribution in [0.5, 0.6) is 11.5 Å². The Balaban J connectivity index is 2.30. The van der Waals surface area contributed by atoms with Gasteiger partial charge >= 0.3 is 0 Å². The lowest BCUT2D eigenvalue weighted by Crippen LogP contribution is -2.21. The average Bonchev–Trinajstić information content (AvgIpc) is 2.58. The van der Waals surface area contributed by atoms with Crippen LogP contribution >= 0.6 is 15.9 Å². The van der Waals surface area contributed by atoms with Crippen molar-refractivity contribution in [2.75, 3.05) is 7.11 Å². The van der Waals surface area contributed by atoms with Gasteiger partial charge in [-0.3, -0.25) is 0 Å². The Morgan fingerprint density at radius 2 is 1.89 bits per heavy atom. The number of aromatic hydroxyl groups is 1. The summed E-state index contributed by atoms with van der Waals surface area (Å²) in [5, 5.41) is 13.8. The zero-order valence-corrected chi connectivity index (χ0v) is 18.3. The number of hydrogen-bond acceptors (Lipinski definition) is 5. The molecule has 0 spiro atoms. The third-order valence-electron chi connectivity index (χ3n) is 4.05. The average molecular weight is 455 g/mol. The number of aryl methyl sites for hydroxylation is 1. The largest absolute Gasteiger partial charge is 0.503 e. The van der Waals surface area contributed by atoms with Gasteiger partial charge in [-0.15, -0.1) is 0 Å². The van der Waals surface area contributed by atoms with Gasteiger partial charge in [-0.1, -0.05) is 32.9 Å². The molecule has 0 atom stereocenters. The molecule has 0 saturated heterocycles. The first-order valence-electron chi connectivity index (χ1n) is 8.19. The molecular formula is C19H23BrN2O4S. The fourth-order valence-corrected chi connectivity index (χ4v) is 3.89. The maximum atomic E-state index is 12.7. The molecule has 6 nitrogen and oxygen atoms in total. The lowest BCUT2D eigenvalue weighted by Gasteiger charge is -2.20. The number of hydrazone groups is 1. The summed E-state index contributed by atoms with van der Waals surface area (Å²) in [5.41, 5.74) is 1.87. The van der Waals surface area contributed by atoms with E-state index < -0.39 is 10.0 Å². The van der Waals surface area contributed by atoms with E-state index in [0.717, 1.165) is 5.56 Å². The number of nitrogens with one attached hydrogen (secondary N) is 1. The number of phenols is 1. The van der Waals surface area contributed by atoms with Crippen molar-refractivity contribution in [3.63, 3.8) is 0 Å². The minimum Gasteiger partial charge on any atom is -0.503 e. The lowest BCUT2D eigenvalue weighted by molar-refractivity contribution is 0.372. The van der Waals surface area contributed by atoms with Crippen LogP contribution in [-0.2, 0) is 15.4 Å². The molecule has 0 aliphatic carbocycles. The van der Waals surface area contributed by atoms with Crippen LogP contribution in [0.15, 0.2) is 44.8 Å². The molecule has 2 N–H and O–H groups in total. The topological polar surface area (TPSA) is 88.0 Å². The minimum absolute atomic E-state index is 0.0852. The SMILES string of the molecule is COc1ccc(/C=N/NS(=O)(=O)c2cc(C(C)(C)C)ccc2C)c(Br)c1O. The van der Waals surface area contributed by atoms with E-state index in [4.69, 9.17) is 4.74 Å². The summed E-state index contributed by atoms with van der Waals surface area (Å²) < 4.78 is 30.7. The smallest absolute Gasteiger partial charge is 0.276 e. The van der Waals surface area contributed by atoms with Gasteiger partial charge in [-0.25, -0.2) is 4.83 Å². The summed E-state index contributed by atoms with van der Waals surface area (Å²) in [6.07, 6.45) is 1.31. The van der Waals surface area contributed by atoms with Gasteiger partial charge in [0.25, 0.3) is 10.0 Å². The van der Waals surface area contributed by atoms with Crippen molar-refractivity contribution in [1.29, 1.82) is 0 Å². The van der Waals surface area contributed by atoms with Crippen molar-refractivity contribution in [3.05, 3.63) is 51.5 Å². The Bertz CT molecular complexity index is 980. The summed E-state index contributed by atoms with van der Waals surface area (Å²) in [7, 11) is -2.39. The van der Waals surface area contributed by atoms with E-state index in [1.54, 1.807) is 31.2 Å². The third-order valence-corrected chi connectivity index (χ3v) is 6.25. The molecular weight excluding hydrogens is 432 g/mol. The molecule has 0 saturated carbocycles. The Morgan fingerprint density at radius 3 is 2.48 bits per heavy atom. The maximum absolute atomic E-state index is 12.7. The predicted octanol–water partition coefficient (Wildman–Crippen LogP) is 4.08. The molecule has 2 aromatic carbocycles. The highest BCUT2D eigenvalue weighted by Crippen LogP contribution is 2.35. The van der Waals surface area contributed by atoms with Crippen LogP contribution in [0.25, 0.3) is 0 Å². The van der Waals surface area contributed by atoms with E-state index >= 15 is 0 Å². The van der Waals surface area contributed by atoms with Crippen LogP contribution in [0.2, 0.25) is 0 Å². The fraction of sp³-hybridized carbons (Fsp3) is 0.316. The second-order valence-corrected chi connectivity index (χ2v) is 9.53. The number of rotatable bonds is 5. The van der Waals surface area contributed by atoms with Crippen LogP contribution in [-0.4, -0.2) is 26.8 Å². The summed E-state index contributed by atoms with van der Waals surface area (Å²) in [4.78, 5) is 2.41. The van der Waals surface area contributed by atoms with Gasteiger partial charge in [0.05, 0.1) is 22.7 Å². The fourth-order valence-electron chi connectivity index (χ4n) is 2.40. The number of halogens is 1. The highest BCUT2D eigenvalue weighted by molar-refractivity contribution is 9.10. The summed E-state index contributed by atoms with van der Waals surface area (Å²) in [6, 6.07) is 8.59. The van der Waals surface area contributed by atoms with Crippen molar-refractivity contribution >= 4 is 32.2 Å². The monoisotopic (exact) mass is 454 g/mol. The van der Waals surface area contributed by atoms with E-state index in [-0.39, 0.29) is 16.1 Å². The Kier molecular flexibility index (Phi) is 6.21. The van der Waals surface area contributed by atoms with Gasteiger partial charge in [0.1, 0.15) is 0 Å². The van der Waals surface area contributed by atoms with Gasteiger partial charge in [0.15, 0.2) is 11.5 Å². The van der Waals surface area contributed by atoms with Gasteiger partial charge in [-0.05, 0) is 57.6 Å². The lowest BCUT2D eigenvalue weighted by atomic mass is 9.87. The van der Waals surface area contributed by atoms with Crippen LogP contribution < -0.4 is 9.57 Å². The number of benzene rings is 2. The molecule has 2 rings (SSSR count). The van der Waals surface area contributed by atoms with E-state index in [1.807, 2.05) is 26.8 Å². The van der Waals surface area contributed by atoms with Crippen LogP contribution in [0.3, 0.4) is 0 Å². The number of phenolic OH excluding ortho intramolecular Hbond substituents is 1. The van der Waals surface area contributed by atoms with Gasteiger partial charge in [0.2, 0.25) is 0 Å². The zero-order valence-electron chi connectivity index (χ0n) is 15.9. The number of sulfonamides is 1. The predicted molar refractivity (Wildman–Crippen MR) is 110 cm³/mol. The van der Waals surface area contributed by atoms with E-state index in [9.17, 15) is 13.5 Å². The summed E-state index contributed by atoms with van der Waals surface area (Å²) in [5.74, 6) is 0.215. The number of hydrogen-bond donors (Lipinski definition) is 2. The van der Waals surface area contributed by atoms with E-state index in [1.165, 1.54) is 13.3 Å². The summed E-state index contributed by atoms with van der Waals surface area (Å²) in [6.45, 7) is 7.80. The molecule has 0 radical (unpaired) electrons. The van der Waals surface area contributed by atoms with Crippen LogP contribution in [0.4, 0.5) is 0 Å². The van der Waals surface area contributed by atoms with Gasteiger partial charge < -0.3 is 9.84 Å². The molecule has 0 unspecified atom stereocenters. The molecule has 146 valence electrons. The number of ether oxygens (including phenoxy) is 1. The first-order chi connectivity index (χ1) is 12.5.